The standard InChI is InChI=1S/C15H22N4S/c1-11-2-4-12(5-3-11)10-14-18-15(20-19-14)7-6-13(17)8-9-16/h2-5,13H,6-10,16-17H2,1H3. The molecule has 5 heteroatoms. The molecule has 0 radical (unpaired) electrons. The van der Waals surface area contributed by atoms with Crippen LogP contribution in [0, 0.1) is 6.92 Å². The molecule has 1 aromatic heterocycles. The average molecular weight is 290 g/mol. The molecule has 20 heavy (non-hydrogen) atoms. The van der Waals surface area contributed by atoms with Gasteiger partial charge in [0.1, 0.15) is 10.8 Å². The molecule has 0 aliphatic carbocycles. The summed E-state index contributed by atoms with van der Waals surface area (Å²) < 4.78 is 4.42. The first kappa shape index (κ1) is 15.1. The van der Waals surface area contributed by atoms with Gasteiger partial charge in [-0.05, 0) is 43.4 Å². The van der Waals surface area contributed by atoms with Crippen molar-refractivity contribution in [1.82, 2.24) is 9.36 Å². The summed E-state index contributed by atoms with van der Waals surface area (Å²) in [5.74, 6) is 0.904. The van der Waals surface area contributed by atoms with Gasteiger partial charge in [-0.25, -0.2) is 4.98 Å². The van der Waals surface area contributed by atoms with Crippen LogP contribution in [0.5, 0.6) is 0 Å². The Morgan fingerprint density at radius 2 is 1.95 bits per heavy atom. The Kier molecular flexibility index (Phi) is 5.64. The smallest absolute Gasteiger partial charge is 0.146 e. The maximum Gasteiger partial charge on any atom is 0.146 e. The van der Waals surface area contributed by atoms with Crippen molar-refractivity contribution in [2.75, 3.05) is 6.54 Å². The van der Waals surface area contributed by atoms with Gasteiger partial charge < -0.3 is 11.5 Å². The molecule has 0 spiro atoms. The number of nitrogens with two attached hydrogens (primary N) is 2. The summed E-state index contributed by atoms with van der Waals surface area (Å²) in [7, 11) is 0. The molecule has 0 fully saturated rings. The molecule has 0 aliphatic heterocycles. The lowest BCUT2D eigenvalue weighted by atomic mass is 10.1. The van der Waals surface area contributed by atoms with E-state index in [0.717, 1.165) is 36.5 Å². The van der Waals surface area contributed by atoms with Gasteiger partial charge >= 0.3 is 0 Å². The van der Waals surface area contributed by atoms with Crippen LogP contribution in [-0.4, -0.2) is 21.9 Å². The van der Waals surface area contributed by atoms with Crippen molar-refractivity contribution >= 4 is 11.5 Å². The van der Waals surface area contributed by atoms with Crippen LogP contribution in [0.2, 0.25) is 0 Å². The number of rotatable bonds is 7. The monoisotopic (exact) mass is 290 g/mol. The maximum atomic E-state index is 5.95. The van der Waals surface area contributed by atoms with E-state index in [9.17, 15) is 0 Å². The van der Waals surface area contributed by atoms with Crippen molar-refractivity contribution in [2.45, 2.75) is 38.6 Å². The molecular formula is C15H22N4S. The highest BCUT2D eigenvalue weighted by atomic mass is 32.1. The first-order chi connectivity index (χ1) is 9.67. The topological polar surface area (TPSA) is 77.8 Å². The third-order valence-electron chi connectivity index (χ3n) is 3.26. The molecule has 1 aromatic carbocycles. The largest absolute Gasteiger partial charge is 0.330 e. The van der Waals surface area contributed by atoms with Gasteiger partial charge in [-0.1, -0.05) is 29.8 Å². The van der Waals surface area contributed by atoms with Crippen molar-refractivity contribution < 1.29 is 0 Å². The van der Waals surface area contributed by atoms with Crippen LogP contribution in [-0.2, 0) is 12.8 Å². The second-order valence-electron chi connectivity index (χ2n) is 5.14. The summed E-state index contributed by atoms with van der Waals surface area (Å²) in [5, 5.41) is 1.07. The average Bonchev–Trinajstić information content (AvgIpc) is 2.87. The number of hydrogen-bond acceptors (Lipinski definition) is 5. The van der Waals surface area contributed by atoms with Crippen LogP contribution >= 0.6 is 11.5 Å². The minimum absolute atomic E-state index is 0.171. The number of aromatic nitrogens is 2. The van der Waals surface area contributed by atoms with Gasteiger partial charge in [0.15, 0.2) is 0 Å². The van der Waals surface area contributed by atoms with Gasteiger partial charge in [0, 0.05) is 18.9 Å². The fourth-order valence-electron chi connectivity index (χ4n) is 2.02. The number of aryl methyl sites for hydroxylation is 2. The Balaban J connectivity index is 1.87. The highest BCUT2D eigenvalue weighted by Crippen LogP contribution is 2.13. The van der Waals surface area contributed by atoms with Crippen LogP contribution in [0.25, 0.3) is 0 Å². The fourth-order valence-corrected chi connectivity index (χ4v) is 2.69. The molecule has 0 saturated carbocycles. The zero-order chi connectivity index (χ0) is 14.4. The van der Waals surface area contributed by atoms with E-state index in [-0.39, 0.29) is 6.04 Å². The molecule has 108 valence electrons. The molecule has 1 atom stereocenters. The zero-order valence-electron chi connectivity index (χ0n) is 11.9. The van der Waals surface area contributed by atoms with Crippen molar-refractivity contribution in [3.8, 4) is 0 Å². The van der Waals surface area contributed by atoms with Gasteiger partial charge in [-0.15, -0.1) is 0 Å². The Labute approximate surface area is 124 Å². The summed E-state index contributed by atoms with van der Waals surface area (Å²) in [6, 6.07) is 8.67. The van der Waals surface area contributed by atoms with E-state index in [4.69, 9.17) is 11.5 Å². The van der Waals surface area contributed by atoms with Crippen LogP contribution in [0.4, 0.5) is 0 Å². The van der Waals surface area contributed by atoms with Gasteiger partial charge in [-0.2, -0.15) is 4.37 Å². The predicted octanol–water partition coefficient (Wildman–Crippen LogP) is 2.05. The van der Waals surface area contributed by atoms with Crippen LogP contribution < -0.4 is 11.5 Å². The predicted molar refractivity (Wildman–Crippen MR) is 83.9 cm³/mol. The van der Waals surface area contributed by atoms with E-state index >= 15 is 0 Å². The molecule has 0 bridgehead atoms. The van der Waals surface area contributed by atoms with E-state index in [2.05, 4.69) is 40.5 Å². The van der Waals surface area contributed by atoms with Gasteiger partial charge in [0.05, 0.1) is 0 Å². The molecule has 0 amide bonds. The summed E-state index contributed by atoms with van der Waals surface area (Å²) in [6.45, 7) is 2.74. The van der Waals surface area contributed by atoms with Gasteiger partial charge in [0.25, 0.3) is 0 Å². The number of hydrogen-bond donors (Lipinski definition) is 2. The molecule has 0 saturated heterocycles. The molecule has 4 N–H and O–H groups in total. The Morgan fingerprint density at radius 1 is 1.20 bits per heavy atom. The molecule has 2 rings (SSSR count). The molecule has 1 unspecified atom stereocenters. The quantitative estimate of drug-likeness (QED) is 0.818. The van der Waals surface area contributed by atoms with E-state index in [0.29, 0.717) is 6.54 Å². The minimum atomic E-state index is 0.171. The molecule has 1 heterocycles. The second kappa shape index (κ2) is 7.47. The zero-order valence-corrected chi connectivity index (χ0v) is 12.7. The van der Waals surface area contributed by atoms with Crippen LogP contribution in [0.3, 0.4) is 0 Å². The van der Waals surface area contributed by atoms with E-state index < -0.39 is 0 Å². The van der Waals surface area contributed by atoms with Crippen LogP contribution in [0.15, 0.2) is 24.3 Å². The molecular weight excluding hydrogens is 268 g/mol. The van der Waals surface area contributed by atoms with Crippen molar-refractivity contribution in [3.05, 3.63) is 46.2 Å². The highest BCUT2D eigenvalue weighted by Gasteiger charge is 2.07. The van der Waals surface area contributed by atoms with Crippen molar-refractivity contribution in [1.29, 1.82) is 0 Å². The van der Waals surface area contributed by atoms with E-state index in [1.165, 1.54) is 22.7 Å². The summed E-state index contributed by atoms with van der Waals surface area (Å²) in [5.41, 5.74) is 14.0. The summed E-state index contributed by atoms with van der Waals surface area (Å²) in [6.07, 6.45) is 3.49. The van der Waals surface area contributed by atoms with Crippen molar-refractivity contribution in [3.63, 3.8) is 0 Å². The van der Waals surface area contributed by atoms with Crippen LogP contribution in [0.1, 0.15) is 34.8 Å². The lowest BCUT2D eigenvalue weighted by molar-refractivity contribution is 0.574. The van der Waals surface area contributed by atoms with E-state index in [1.54, 1.807) is 0 Å². The molecule has 0 aliphatic rings. The highest BCUT2D eigenvalue weighted by molar-refractivity contribution is 7.05. The van der Waals surface area contributed by atoms with Gasteiger partial charge in [-0.3, -0.25) is 0 Å². The number of benzene rings is 1. The second-order valence-corrected chi connectivity index (χ2v) is 5.98. The Bertz CT molecular complexity index is 521. The molecule has 2 aromatic rings. The molecule has 4 nitrogen and oxygen atoms in total. The summed E-state index contributed by atoms with van der Waals surface area (Å²) in [4.78, 5) is 4.58. The maximum absolute atomic E-state index is 5.95. The third-order valence-corrected chi connectivity index (χ3v) is 4.07. The fraction of sp³-hybridized carbons (Fsp3) is 0.467. The Morgan fingerprint density at radius 3 is 2.65 bits per heavy atom. The first-order valence-corrected chi connectivity index (χ1v) is 7.77. The lowest BCUT2D eigenvalue weighted by Gasteiger charge is -2.07. The number of nitrogens with zero attached hydrogens (tertiary/aromatic N) is 2. The normalized spacial score (nSPS) is 12.6. The minimum Gasteiger partial charge on any atom is -0.330 e. The van der Waals surface area contributed by atoms with Crippen molar-refractivity contribution in [2.24, 2.45) is 11.5 Å². The third kappa shape index (κ3) is 4.67. The first-order valence-electron chi connectivity index (χ1n) is 7.00. The Hall–Kier alpha value is -1.30. The van der Waals surface area contributed by atoms with Gasteiger partial charge in [0.2, 0.25) is 0 Å². The lowest BCUT2D eigenvalue weighted by Crippen LogP contribution is -2.24. The SMILES string of the molecule is Cc1ccc(Cc2nsc(CCC(N)CCN)n2)cc1. The van der Waals surface area contributed by atoms with E-state index in [1.807, 2.05) is 0 Å². The summed E-state index contributed by atoms with van der Waals surface area (Å²) >= 11 is 1.48.